The molecule has 4 aliphatic heterocycles. The van der Waals surface area contributed by atoms with Gasteiger partial charge in [0.15, 0.2) is 0 Å². The second-order valence-electron chi connectivity index (χ2n) is 8.32. The van der Waals surface area contributed by atoms with Crippen LogP contribution in [-0.4, -0.2) is 74.4 Å². The molecule has 0 spiro atoms. The fourth-order valence-corrected chi connectivity index (χ4v) is 4.66. The zero-order chi connectivity index (χ0) is 17.6. The number of esters is 1. The van der Waals surface area contributed by atoms with E-state index < -0.39 is 0 Å². The van der Waals surface area contributed by atoms with E-state index in [1.807, 2.05) is 7.11 Å². The van der Waals surface area contributed by atoms with Crippen molar-refractivity contribution in [2.45, 2.75) is 64.1 Å². The molecule has 5 nitrogen and oxygen atoms in total. The monoisotopic (exact) mass is 352 g/mol. The number of likely N-dealkylation sites (tertiary alicyclic amines) is 1. The van der Waals surface area contributed by atoms with Gasteiger partial charge in [0, 0.05) is 26.6 Å². The lowest BCUT2D eigenvalue weighted by Gasteiger charge is -2.43. The van der Waals surface area contributed by atoms with E-state index in [1.54, 1.807) is 0 Å². The molecular formula is C20H36N2O3. The summed E-state index contributed by atoms with van der Waals surface area (Å²) in [5.74, 6) is 1.30. The van der Waals surface area contributed by atoms with Crippen LogP contribution in [0.5, 0.6) is 0 Å². The van der Waals surface area contributed by atoms with E-state index in [0.717, 1.165) is 38.9 Å². The van der Waals surface area contributed by atoms with Crippen molar-refractivity contribution in [1.82, 2.24) is 9.80 Å². The highest BCUT2D eigenvalue weighted by Crippen LogP contribution is 2.29. The van der Waals surface area contributed by atoms with Crippen LogP contribution in [0.4, 0.5) is 0 Å². The first kappa shape index (κ1) is 19.1. The summed E-state index contributed by atoms with van der Waals surface area (Å²) in [6, 6.07) is 0. The summed E-state index contributed by atoms with van der Waals surface area (Å²) in [6.07, 6.45) is 7.99. The summed E-state index contributed by atoms with van der Waals surface area (Å²) in [7, 11) is 1.82. The number of carbonyl (C=O) groups excluding carboxylic acids is 1. The van der Waals surface area contributed by atoms with E-state index in [2.05, 4.69) is 16.7 Å². The molecule has 4 rings (SSSR count). The van der Waals surface area contributed by atoms with Crippen LogP contribution < -0.4 is 0 Å². The number of ether oxygens (including phenoxy) is 2. The third-order valence-corrected chi connectivity index (χ3v) is 6.51. The number of unbranched alkanes of at least 4 members (excludes halogenated alkanes) is 2. The lowest BCUT2D eigenvalue weighted by atomic mass is 9.86. The number of fused-ring (bicyclic) bond motifs is 3. The van der Waals surface area contributed by atoms with Gasteiger partial charge in [0.25, 0.3) is 0 Å². The maximum atomic E-state index is 12.1. The summed E-state index contributed by atoms with van der Waals surface area (Å²) in [6.45, 7) is 9.00. The van der Waals surface area contributed by atoms with Gasteiger partial charge in [0.05, 0.1) is 6.10 Å². The Morgan fingerprint density at radius 1 is 1.00 bits per heavy atom. The molecule has 3 atom stereocenters. The van der Waals surface area contributed by atoms with E-state index in [4.69, 9.17) is 9.47 Å². The summed E-state index contributed by atoms with van der Waals surface area (Å²) >= 11 is 0. The van der Waals surface area contributed by atoms with Gasteiger partial charge < -0.3 is 14.4 Å². The Labute approximate surface area is 153 Å². The maximum absolute atomic E-state index is 12.1. The summed E-state index contributed by atoms with van der Waals surface area (Å²) < 4.78 is 11.3. The lowest BCUT2D eigenvalue weighted by molar-refractivity contribution is -0.158. The van der Waals surface area contributed by atoms with Crippen molar-refractivity contribution in [3.05, 3.63) is 0 Å². The number of nitrogens with zero attached hydrogens (tertiary/aromatic N) is 2. The lowest BCUT2D eigenvalue weighted by Crippen LogP contribution is -2.51. The standard InChI is InChI=1S/C20H36N2O3/c1-16-7-11-21(14-18(16)24-2)10-5-3-4-6-20(23)25-19-15-22-12-8-17(19)9-13-22/h16-19H,3-15H2,1-2H3/t16-,18+,19?/m1/s1. The van der Waals surface area contributed by atoms with Crippen molar-refractivity contribution in [2.24, 2.45) is 11.8 Å². The molecule has 0 aromatic carbocycles. The smallest absolute Gasteiger partial charge is 0.306 e. The Kier molecular flexibility index (Phi) is 7.14. The van der Waals surface area contributed by atoms with Crippen LogP contribution >= 0.6 is 0 Å². The van der Waals surface area contributed by atoms with Gasteiger partial charge in [-0.2, -0.15) is 0 Å². The molecule has 0 N–H and O–H groups in total. The minimum absolute atomic E-state index is 0.0185. The molecule has 2 bridgehead atoms. The third kappa shape index (κ3) is 5.41. The molecule has 4 saturated heterocycles. The number of hydrogen-bond acceptors (Lipinski definition) is 5. The first-order valence-corrected chi connectivity index (χ1v) is 10.3. The largest absolute Gasteiger partial charge is 0.461 e. The normalized spacial score (nSPS) is 35.7. The van der Waals surface area contributed by atoms with Crippen LogP contribution in [0.3, 0.4) is 0 Å². The van der Waals surface area contributed by atoms with Gasteiger partial charge in [-0.3, -0.25) is 9.69 Å². The average Bonchev–Trinajstić information content (AvgIpc) is 2.63. The molecule has 1 unspecified atom stereocenters. The van der Waals surface area contributed by atoms with Crippen LogP contribution in [-0.2, 0) is 14.3 Å². The first-order valence-electron chi connectivity index (χ1n) is 10.3. The predicted molar refractivity (Wildman–Crippen MR) is 98.5 cm³/mol. The van der Waals surface area contributed by atoms with Crippen LogP contribution in [0.2, 0.25) is 0 Å². The van der Waals surface area contributed by atoms with Gasteiger partial charge in [-0.1, -0.05) is 13.3 Å². The Morgan fingerprint density at radius 2 is 1.80 bits per heavy atom. The van der Waals surface area contributed by atoms with Crippen LogP contribution in [0.15, 0.2) is 0 Å². The molecule has 0 saturated carbocycles. The molecule has 0 radical (unpaired) electrons. The van der Waals surface area contributed by atoms with E-state index in [9.17, 15) is 4.79 Å². The van der Waals surface area contributed by atoms with E-state index in [-0.39, 0.29) is 12.1 Å². The molecule has 144 valence electrons. The van der Waals surface area contributed by atoms with Crippen molar-refractivity contribution >= 4 is 5.97 Å². The summed E-state index contributed by atoms with van der Waals surface area (Å²) in [5, 5.41) is 0. The van der Waals surface area contributed by atoms with Crippen molar-refractivity contribution in [1.29, 1.82) is 0 Å². The number of carbonyl (C=O) groups is 1. The minimum atomic E-state index is 0.0185. The Balaban J connectivity index is 1.24. The topological polar surface area (TPSA) is 42.0 Å². The fraction of sp³-hybridized carbons (Fsp3) is 0.950. The van der Waals surface area contributed by atoms with Gasteiger partial charge in [-0.15, -0.1) is 0 Å². The quantitative estimate of drug-likeness (QED) is 0.496. The maximum Gasteiger partial charge on any atom is 0.306 e. The molecule has 4 heterocycles. The molecule has 0 aromatic rings. The Hall–Kier alpha value is -0.650. The van der Waals surface area contributed by atoms with E-state index in [1.165, 1.54) is 38.9 Å². The summed E-state index contributed by atoms with van der Waals surface area (Å²) in [4.78, 5) is 17.1. The highest BCUT2D eigenvalue weighted by atomic mass is 16.5. The second-order valence-corrected chi connectivity index (χ2v) is 8.32. The molecule has 0 aromatic heterocycles. The van der Waals surface area contributed by atoms with Crippen LogP contribution in [0, 0.1) is 11.8 Å². The average molecular weight is 353 g/mol. The summed E-state index contributed by atoms with van der Waals surface area (Å²) in [5.41, 5.74) is 0. The molecular weight excluding hydrogens is 316 g/mol. The third-order valence-electron chi connectivity index (χ3n) is 6.51. The number of methoxy groups -OCH3 is 1. The van der Waals surface area contributed by atoms with Gasteiger partial charge >= 0.3 is 5.97 Å². The number of piperidine rings is 4. The van der Waals surface area contributed by atoms with E-state index >= 15 is 0 Å². The zero-order valence-electron chi connectivity index (χ0n) is 16.1. The fourth-order valence-electron chi connectivity index (χ4n) is 4.66. The van der Waals surface area contributed by atoms with Crippen molar-refractivity contribution in [3.63, 3.8) is 0 Å². The Bertz CT molecular complexity index is 423. The highest BCUT2D eigenvalue weighted by Gasteiger charge is 2.36. The van der Waals surface area contributed by atoms with E-state index in [0.29, 0.717) is 24.4 Å². The zero-order valence-corrected chi connectivity index (χ0v) is 16.1. The molecule has 0 amide bonds. The molecule has 5 heteroatoms. The Morgan fingerprint density at radius 3 is 2.48 bits per heavy atom. The van der Waals surface area contributed by atoms with Crippen LogP contribution in [0.1, 0.15) is 51.9 Å². The molecule has 4 fully saturated rings. The van der Waals surface area contributed by atoms with Gasteiger partial charge in [-0.05, 0) is 70.1 Å². The number of hydrogen-bond donors (Lipinski definition) is 0. The molecule has 25 heavy (non-hydrogen) atoms. The first-order chi connectivity index (χ1) is 12.2. The van der Waals surface area contributed by atoms with Gasteiger partial charge in [0.1, 0.15) is 6.10 Å². The van der Waals surface area contributed by atoms with Crippen LogP contribution in [0.25, 0.3) is 0 Å². The molecule has 4 aliphatic rings. The van der Waals surface area contributed by atoms with Crippen molar-refractivity contribution in [2.75, 3.05) is 46.4 Å². The van der Waals surface area contributed by atoms with Gasteiger partial charge in [0.2, 0.25) is 0 Å². The van der Waals surface area contributed by atoms with Gasteiger partial charge in [-0.25, -0.2) is 0 Å². The molecule has 0 aliphatic carbocycles. The van der Waals surface area contributed by atoms with Crippen molar-refractivity contribution < 1.29 is 14.3 Å². The SMILES string of the molecule is CO[C@H]1CN(CCCCCC(=O)OC2CN3CCC2CC3)CC[C@H]1C. The minimum Gasteiger partial charge on any atom is -0.461 e. The predicted octanol–water partition coefficient (Wildman–Crippen LogP) is 2.54. The highest BCUT2D eigenvalue weighted by molar-refractivity contribution is 5.69. The number of rotatable bonds is 8. The second kappa shape index (κ2) is 9.33. The van der Waals surface area contributed by atoms with Crippen molar-refractivity contribution in [3.8, 4) is 0 Å².